The van der Waals surface area contributed by atoms with Crippen LogP contribution in [0.25, 0.3) is 0 Å². The molecule has 1 aromatic heterocycles. The lowest BCUT2D eigenvalue weighted by molar-refractivity contribution is -0.126. The van der Waals surface area contributed by atoms with Crippen LogP contribution >= 0.6 is 0 Å². The predicted molar refractivity (Wildman–Crippen MR) is 144 cm³/mol. The topological polar surface area (TPSA) is 84.2 Å². The molecule has 0 radical (unpaired) electrons. The van der Waals surface area contributed by atoms with Gasteiger partial charge in [0.05, 0.1) is 26.6 Å². The second-order valence-electron chi connectivity index (χ2n) is 9.85. The Bertz CT molecular complexity index is 1200. The van der Waals surface area contributed by atoms with Crippen molar-refractivity contribution >= 4 is 17.5 Å². The molecule has 1 unspecified atom stereocenters. The van der Waals surface area contributed by atoms with Crippen LogP contribution in [-0.4, -0.2) is 56.2 Å². The van der Waals surface area contributed by atoms with Gasteiger partial charge < -0.3 is 29.0 Å². The molecular weight excluding hydrogens is 482 g/mol. The third kappa shape index (κ3) is 6.02. The SMILES string of the molecule is COc1cccc(CN(C(=O)c2ccco2)C(C(=O)NC2CCCC2)c2ccc(N3CCOCC3)cc2)c1. The zero-order valence-electron chi connectivity index (χ0n) is 21.8. The molecule has 1 N–H and O–H groups in total. The first-order valence-corrected chi connectivity index (χ1v) is 13.3. The number of rotatable bonds is 9. The summed E-state index contributed by atoms with van der Waals surface area (Å²) in [5.74, 6) is 0.353. The third-order valence-corrected chi connectivity index (χ3v) is 7.33. The Kier molecular flexibility index (Phi) is 8.28. The Balaban J connectivity index is 1.51. The maximum atomic E-state index is 13.9. The fourth-order valence-electron chi connectivity index (χ4n) is 5.30. The summed E-state index contributed by atoms with van der Waals surface area (Å²) in [5.41, 5.74) is 2.68. The van der Waals surface area contributed by atoms with Crippen LogP contribution in [0.15, 0.2) is 71.3 Å². The molecule has 38 heavy (non-hydrogen) atoms. The van der Waals surface area contributed by atoms with E-state index in [2.05, 4.69) is 10.2 Å². The first kappa shape index (κ1) is 25.9. The summed E-state index contributed by atoms with van der Waals surface area (Å²) in [4.78, 5) is 31.6. The van der Waals surface area contributed by atoms with E-state index in [9.17, 15) is 9.59 Å². The predicted octanol–water partition coefficient (Wildman–Crippen LogP) is 4.57. The Labute approximate surface area is 223 Å². The summed E-state index contributed by atoms with van der Waals surface area (Å²) in [5, 5.41) is 3.23. The molecule has 0 bridgehead atoms. The highest BCUT2D eigenvalue weighted by atomic mass is 16.5. The number of ether oxygens (including phenoxy) is 2. The van der Waals surface area contributed by atoms with Crippen molar-refractivity contribution in [2.75, 3.05) is 38.3 Å². The number of benzene rings is 2. The smallest absolute Gasteiger partial charge is 0.290 e. The van der Waals surface area contributed by atoms with Crippen molar-refractivity contribution < 1.29 is 23.5 Å². The van der Waals surface area contributed by atoms with Crippen molar-refractivity contribution in [1.82, 2.24) is 10.2 Å². The highest BCUT2D eigenvalue weighted by molar-refractivity contribution is 5.96. The lowest BCUT2D eigenvalue weighted by Gasteiger charge is -2.33. The molecule has 8 nitrogen and oxygen atoms in total. The van der Waals surface area contributed by atoms with E-state index in [1.165, 1.54) is 6.26 Å². The van der Waals surface area contributed by atoms with Gasteiger partial charge in [0.2, 0.25) is 5.91 Å². The van der Waals surface area contributed by atoms with E-state index in [0.717, 1.165) is 55.6 Å². The van der Waals surface area contributed by atoms with Gasteiger partial charge >= 0.3 is 0 Å². The van der Waals surface area contributed by atoms with Crippen molar-refractivity contribution in [2.24, 2.45) is 0 Å². The van der Waals surface area contributed by atoms with Crippen molar-refractivity contribution in [2.45, 2.75) is 44.3 Å². The first-order valence-electron chi connectivity index (χ1n) is 13.3. The van der Waals surface area contributed by atoms with E-state index in [1.54, 1.807) is 24.1 Å². The number of nitrogens with zero attached hydrogens (tertiary/aromatic N) is 2. The minimum Gasteiger partial charge on any atom is -0.497 e. The van der Waals surface area contributed by atoms with Crippen LogP contribution in [0.5, 0.6) is 5.75 Å². The van der Waals surface area contributed by atoms with Gasteiger partial charge in [-0.05, 0) is 60.4 Å². The van der Waals surface area contributed by atoms with E-state index in [4.69, 9.17) is 13.9 Å². The van der Waals surface area contributed by atoms with Gasteiger partial charge in [-0.3, -0.25) is 9.59 Å². The van der Waals surface area contributed by atoms with Crippen LogP contribution in [-0.2, 0) is 16.1 Å². The van der Waals surface area contributed by atoms with Crippen LogP contribution in [0.2, 0.25) is 0 Å². The minimum absolute atomic E-state index is 0.120. The molecule has 8 heteroatoms. The van der Waals surface area contributed by atoms with Crippen LogP contribution in [0.1, 0.15) is 53.4 Å². The molecule has 5 rings (SSSR count). The number of amides is 2. The zero-order chi connectivity index (χ0) is 26.3. The number of carbonyl (C=O) groups excluding carboxylic acids is 2. The fraction of sp³-hybridized carbons (Fsp3) is 0.400. The molecule has 1 aliphatic heterocycles. The summed E-state index contributed by atoms with van der Waals surface area (Å²) in [6, 6.07) is 18.1. The molecule has 2 aliphatic rings. The summed E-state index contributed by atoms with van der Waals surface area (Å²) in [6.07, 6.45) is 5.58. The monoisotopic (exact) mass is 517 g/mol. The quantitative estimate of drug-likeness (QED) is 0.448. The number of nitrogens with one attached hydrogen (secondary N) is 1. The van der Waals surface area contributed by atoms with Gasteiger partial charge in [0.25, 0.3) is 5.91 Å². The van der Waals surface area contributed by atoms with Crippen molar-refractivity contribution in [3.8, 4) is 5.75 Å². The molecule has 1 atom stereocenters. The molecule has 200 valence electrons. The van der Waals surface area contributed by atoms with Crippen molar-refractivity contribution in [3.05, 3.63) is 83.8 Å². The van der Waals surface area contributed by atoms with Crippen LogP contribution < -0.4 is 15.0 Å². The van der Waals surface area contributed by atoms with Crippen molar-refractivity contribution in [1.29, 1.82) is 0 Å². The number of carbonyl (C=O) groups is 2. The Hall–Kier alpha value is -3.78. The third-order valence-electron chi connectivity index (χ3n) is 7.33. The number of anilines is 1. The zero-order valence-corrected chi connectivity index (χ0v) is 21.8. The van der Waals surface area contributed by atoms with Crippen LogP contribution in [0.4, 0.5) is 5.69 Å². The standard InChI is InChI=1S/C30H35N3O5/c1-36-26-9-4-6-22(20-26)21-33(30(35)27-10-5-17-38-27)28(29(34)31-24-7-2-3-8-24)23-11-13-25(14-12-23)32-15-18-37-19-16-32/h4-6,9-14,17,20,24,28H,2-3,7-8,15-16,18-19,21H2,1H3,(H,31,34). The van der Waals surface area contributed by atoms with Gasteiger partial charge in [0.15, 0.2) is 5.76 Å². The summed E-state index contributed by atoms with van der Waals surface area (Å²) < 4.78 is 16.4. The van der Waals surface area contributed by atoms with E-state index >= 15 is 0 Å². The molecule has 2 aromatic carbocycles. The second kappa shape index (κ2) is 12.2. The average Bonchev–Trinajstić information content (AvgIpc) is 3.68. The van der Waals surface area contributed by atoms with Crippen molar-refractivity contribution in [3.63, 3.8) is 0 Å². The lowest BCUT2D eigenvalue weighted by Crippen LogP contribution is -2.45. The Morgan fingerprint density at radius 3 is 2.50 bits per heavy atom. The summed E-state index contributed by atoms with van der Waals surface area (Å²) >= 11 is 0. The van der Waals surface area contributed by atoms with Gasteiger partial charge in [-0.25, -0.2) is 0 Å². The number of hydrogen-bond donors (Lipinski definition) is 1. The molecule has 3 aromatic rings. The van der Waals surface area contributed by atoms with Gasteiger partial charge in [-0.1, -0.05) is 37.1 Å². The summed E-state index contributed by atoms with van der Waals surface area (Å²) in [6.45, 7) is 3.25. The lowest BCUT2D eigenvalue weighted by atomic mass is 10.0. The van der Waals surface area contributed by atoms with Gasteiger partial charge in [-0.2, -0.15) is 0 Å². The molecular formula is C30H35N3O5. The summed E-state index contributed by atoms with van der Waals surface area (Å²) in [7, 11) is 1.61. The molecule has 0 spiro atoms. The second-order valence-corrected chi connectivity index (χ2v) is 9.85. The molecule has 1 aliphatic carbocycles. The molecule has 1 saturated carbocycles. The maximum absolute atomic E-state index is 13.9. The fourth-order valence-corrected chi connectivity index (χ4v) is 5.30. The van der Waals surface area contributed by atoms with Gasteiger partial charge in [-0.15, -0.1) is 0 Å². The molecule has 2 fully saturated rings. The average molecular weight is 518 g/mol. The van der Waals surface area contributed by atoms with E-state index < -0.39 is 6.04 Å². The van der Waals surface area contributed by atoms with Crippen LogP contribution in [0.3, 0.4) is 0 Å². The molecule has 2 heterocycles. The Morgan fingerprint density at radius 2 is 1.82 bits per heavy atom. The maximum Gasteiger partial charge on any atom is 0.290 e. The van der Waals surface area contributed by atoms with E-state index in [1.807, 2.05) is 48.5 Å². The number of methoxy groups -OCH3 is 1. The molecule has 1 saturated heterocycles. The normalized spacial score (nSPS) is 16.7. The van der Waals surface area contributed by atoms with Crippen LogP contribution in [0, 0.1) is 0 Å². The Morgan fingerprint density at radius 1 is 1.05 bits per heavy atom. The highest BCUT2D eigenvalue weighted by Crippen LogP contribution is 2.30. The molecule has 2 amide bonds. The number of hydrogen-bond acceptors (Lipinski definition) is 6. The first-order chi connectivity index (χ1) is 18.6. The largest absolute Gasteiger partial charge is 0.497 e. The number of morpholine rings is 1. The van der Waals surface area contributed by atoms with E-state index in [-0.39, 0.29) is 30.2 Å². The van der Waals surface area contributed by atoms with Gasteiger partial charge in [0.1, 0.15) is 11.8 Å². The van der Waals surface area contributed by atoms with E-state index in [0.29, 0.717) is 19.0 Å². The van der Waals surface area contributed by atoms with Gasteiger partial charge in [0, 0.05) is 31.4 Å². The minimum atomic E-state index is -0.835. The number of furan rings is 1. The highest BCUT2D eigenvalue weighted by Gasteiger charge is 2.35.